The van der Waals surface area contributed by atoms with Crippen molar-refractivity contribution in [3.63, 3.8) is 0 Å². The molecule has 2 aliphatic rings. The standard InChI is InChI=1S/C30H39F2N3O4/c1-19(2)38-30(37)34-13-10-21(11-14-34)20(3)39-26-8-6-22(7-9-26)23-4-5-24(27(32)16-23)17-28(33)29(36)35-15-12-25(31)18-35/h4-9,16,19-21,25,28H,10-15,17-18,33H2,1-3H3/t20?,25-,28?/m0/s1. The van der Waals surface area contributed by atoms with Gasteiger partial charge in [0.2, 0.25) is 5.91 Å². The molecule has 2 heterocycles. The summed E-state index contributed by atoms with van der Waals surface area (Å²) in [6, 6.07) is 11.5. The van der Waals surface area contributed by atoms with E-state index in [1.165, 1.54) is 11.0 Å². The van der Waals surface area contributed by atoms with E-state index in [4.69, 9.17) is 15.2 Å². The predicted octanol–water partition coefficient (Wildman–Crippen LogP) is 4.96. The fourth-order valence-corrected chi connectivity index (χ4v) is 5.23. The molecule has 2 aromatic rings. The zero-order valence-corrected chi connectivity index (χ0v) is 22.9. The monoisotopic (exact) mass is 543 g/mol. The van der Waals surface area contributed by atoms with E-state index < -0.39 is 18.0 Å². The maximum atomic E-state index is 14.9. The Hall–Kier alpha value is -3.20. The Morgan fingerprint density at radius 1 is 0.974 bits per heavy atom. The second-order valence-corrected chi connectivity index (χ2v) is 10.9. The average molecular weight is 544 g/mol. The molecule has 2 N–H and O–H groups in total. The highest BCUT2D eigenvalue weighted by Crippen LogP contribution is 2.28. The first-order valence-electron chi connectivity index (χ1n) is 13.8. The van der Waals surface area contributed by atoms with Crippen molar-refractivity contribution in [1.29, 1.82) is 0 Å². The van der Waals surface area contributed by atoms with Crippen LogP contribution in [0.2, 0.25) is 0 Å². The van der Waals surface area contributed by atoms with Gasteiger partial charge in [0.25, 0.3) is 0 Å². The summed E-state index contributed by atoms with van der Waals surface area (Å²) >= 11 is 0. The van der Waals surface area contributed by atoms with Crippen molar-refractivity contribution in [3.05, 3.63) is 53.8 Å². The van der Waals surface area contributed by atoms with Crippen LogP contribution in [0.5, 0.6) is 5.75 Å². The highest BCUT2D eigenvalue weighted by atomic mass is 19.1. The number of hydrogen-bond donors (Lipinski definition) is 1. The number of amides is 2. The Bertz CT molecular complexity index is 1140. The SMILES string of the molecule is CC(C)OC(=O)N1CCC(C(C)Oc2ccc(-c3ccc(CC(N)C(=O)N4CC[C@H](F)C4)c(F)c3)cc2)CC1. The molecule has 2 unspecified atom stereocenters. The van der Waals surface area contributed by atoms with Crippen LogP contribution in [-0.4, -0.2) is 72.4 Å². The van der Waals surface area contributed by atoms with Crippen molar-refractivity contribution < 1.29 is 27.8 Å². The Morgan fingerprint density at radius 3 is 2.21 bits per heavy atom. The third kappa shape index (κ3) is 7.47. The molecule has 2 saturated heterocycles. The van der Waals surface area contributed by atoms with E-state index in [-0.39, 0.29) is 37.2 Å². The Balaban J connectivity index is 1.29. The lowest BCUT2D eigenvalue weighted by Gasteiger charge is -2.34. The third-order valence-electron chi connectivity index (χ3n) is 7.56. The fraction of sp³-hybridized carbons (Fsp3) is 0.533. The molecule has 0 bridgehead atoms. The molecule has 0 aliphatic carbocycles. The molecule has 7 nitrogen and oxygen atoms in total. The number of piperidine rings is 1. The fourth-order valence-electron chi connectivity index (χ4n) is 5.23. The quantitative estimate of drug-likeness (QED) is 0.509. The number of nitrogens with two attached hydrogens (primary N) is 1. The van der Waals surface area contributed by atoms with Gasteiger partial charge in [-0.2, -0.15) is 0 Å². The number of carbonyl (C=O) groups is 2. The maximum Gasteiger partial charge on any atom is 0.410 e. The van der Waals surface area contributed by atoms with Gasteiger partial charge in [0.15, 0.2) is 0 Å². The van der Waals surface area contributed by atoms with Crippen LogP contribution in [0.15, 0.2) is 42.5 Å². The van der Waals surface area contributed by atoms with E-state index in [9.17, 15) is 18.4 Å². The van der Waals surface area contributed by atoms with Crippen LogP contribution >= 0.6 is 0 Å². The van der Waals surface area contributed by atoms with Crippen LogP contribution in [0.1, 0.15) is 45.6 Å². The third-order valence-corrected chi connectivity index (χ3v) is 7.56. The molecule has 0 aromatic heterocycles. The number of likely N-dealkylation sites (tertiary alicyclic amines) is 2. The summed E-state index contributed by atoms with van der Waals surface area (Å²) < 4.78 is 39.8. The molecule has 0 radical (unpaired) electrons. The minimum atomic E-state index is -1.02. The second-order valence-electron chi connectivity index (χ2n) is 10.9. The molecule has 39 heavy (non-hydrogen) atoms. The number of ether oxygens (including phenoxy) is 2. The van der Waals surface area contributed by atoms with Gasteiger partial charge in [0.05, 0.1) is 24.8 Å². The largest absolute Gasteiger partial charge is 0.490 e. The van der Waals surface area contributed by atoms with E-state index in [0.717, 1.165) is 24.2 Å². The van der Waals surface area contributed by atoms with Gasteiger partial charge in [-0.1, -0.05) is 24.3 Å². The summed E-state index contributed by atoms with van der Waals surface area (Å²) in [4.78, 5) is 27.7. The second kappa shape index (κ2) is 12.8. The lowest BCUT2D eigenvalue weighted by atomic mass is 9.92. The summed E-state index contributed by atoms with van der Waals surface area (Å²) in [5.41, 5.74) is 7.92. The van der Waals surface area contributed by atoms with Gasteiger partial charge in [-0.3, -0.25) is 4.79 Å². The van der Waals surface area contributed by atoms with Gasteiger partial charge < -0.3 is 25.0 Å². The molecular formula is C30H39F2N3O4. The van der Waals surface area contributed by atoms with Crippen molar-refractivity contribution in [2.75, 3.05) is 26.2 Å². The zero-order chi connectivity index (χ0) is 28.1. The maximum absolute atomic E-state index is 14.9. The van der Waals surface area contributed by atoms with E-state index >= 15 is 0 Å². The zero-order valence-electron chi connectivity index (χ0n) is 22.9. The van der Waals surface area contributed by atoms with Crippen molar-refractivity contribution in [1.82, 2.24) is 9.80 Å². The first-order valence-corrected chi connectivity index (χ1v) is 13.8. The summed E-state index contributed by atoms with van der Waals surface area (Å²) in [5.74, 6) is 0.282. The number of benzene rings is 2. The highest BCUT2D eigenvalue weighted by molar-refractivity contribution is 5.82. The van der Waals surface area contributed by atoms with E-state index in [1.54, 1.807) is 17.0 Å². The van der Waals surface area contributed by atoms with E-state index in [1.807, 2.05) is 45.0 Å². The number of halogens is 2. The molecule has 9 heteroatoms. The van der Waals surface area contributed by atoms with Crippen molar-refractivity contribution in [2.24, 2.45) is 11.7 Å². The molecule has 2 aliphatic heterocycles. The minimum Gasteiger partial charge on any atom is -0.490 e. The van der Waals surface area contributed by atoms with Gasteiger partial charge in [0.1, 0.15) is 17.7 Å². The summed E-state index contributed by atoms with van der Waals surface area (Å²) in [6.45, 7) is 7.45. The lowest BCUT2D eigenvalue weighted by Crippen LogP contribution is -2.44. The van der Waals surface area contributed by atoms with E-state index in [0.29, 0.717) is 43.1 Å². The lowest BCUT2D eigenvalue weighted by molar-refractivity contribution is -0.131. The Labute approximate surface area is 229 Å². The van der Waals surface area contributed by atoms with Gasteiger partial charge >= 0.3 is 6.09 Å². The molecule has 2 amide bonds. The van der Waals surface area contributed by atoms with Gasteiger partial charge in [-0.15, -0.1) is 0 Å². The number of alkyl halides is 1. The number of hydrogen-bond acceptors (Lipinski definition) is 5. The van der Waals surface area contributed by atoms with Crippen molar-refractivity contribution in [2.45, 2.75) is 70.9 Å². The van der Waals surface area contributed by atoms with Gasteiger partial charge in [0, 0.05) is 19.6 Å². The van der Waals surface area contributed by atoms with Gasteiger partial charge in [-0.25, -0.2) is 13.6 Å². The number of nitrogens with zero attached hydrogens (tertiary/aromatic N) is 2. The molecule has 0 saturated carbocycles. The van der Waals surface area contributed by atoms with Crippen LogP contribution in [-0.2, 0) is 16.0 Å². The molecule has 2 aromatic carbocycles. The molecule has 0 spiro atoms. The van der Waals surface area contributed by atoms with Crippen LogP contribution in [0.3, 0.4) is 0 Å². The van der Waals surface area contributed by atoms with Crippen LogP contribution in [0, 0.1) is 11.7 Å². The topological polar surface area (TPSA) is 85.1 Å². The van der Waals surface area contributed by atoms with Crippen LogP contribution < -0.4 is 10.5 Å². The smallest absolute Gasteiger partial charge is 0.410 e. The van der Waals surface area contributed by atoms with Crippen LogP contribution in [0.4, 0.5) is 13.6 Å². The highest BCUT2D eigenvalue weighted by Gasteiger charge is 2.30. The molecule has 212 valence electrons. The normalized spacial score (nSPS) is 19.7. The number of carbonyl (C=O) groups excluding carboxylic acids is 2. The first kappa shape index (κ1) is 28.8. The Kier molecular flexibility index (Phi) is 9.43. The molecular weight excluding hydrogens is 504 g/mol. The summed E-state index contributed by atoms with van der Waals surface area (Å²) in [7, 11) is 0. The van der Waals surface area contributed by atoms with Crippen molar-refractivity contribution in [3.8, 4) is 16.9 Å². The van der Waals surface area contributed by atoms with Gasteiger partial charge in [-0.05, 0) is 87.3 Å². The molecule has 2 fully saturated rings. The van der Waals surface area contributed by atoms with E-state index in [2.05, 4.69) is 0 Å². The predicted molar refractivity (Wildman–Crippen MR) is 146 cm³/mol. The molecule has 3 atom stereocenters. The summed E-state index contributed by atoms with van der Waals surface area (Å²) in [6.07, 6.45) is 0.657. The Morgan fingerprint density at radius 2 is 1.62 bits per heavy atom. The number of rotatable bonds is 8. The van der Waals surface area contributed by atoms with Crippen LogP contribution in [0.25, 0.3) is 11.1 Å². The first-order chi connectivity index (χ1) is 18.6. The molecule has 4 rings (SSSR count). The van der Waals surface area contributed by atoms with Crippen molar-refractivity contribution >= 4 is 12.0 Å². The average Bonchev–Trinajstić information content (AvgIpc) is 3.35. The minimum absolute atomic E-state index is 0.0147. The summed E-state index contributed by atoms with van der Waals surface area (Å²) in [5, 5.41) is 0.